The maximum absolute atomic E-state index is 12.3. The van der Waals surface area contributed by atoms with E-state index >= 15 is 0 Å². The average molecular weight is 375 g/mol. The van der Waals surface area contributed by atoms with Crippen molar-refractivity contribution in [1.29, 1.82) is 0 Å². The Morgan fingerprint density at radius 2 is 1.57 bits per heavy atom. The van der Waals surface area contributed by atoms with Gasteiger partial charge in [-0.15, -0.1) is 0 Å². The van der Waals surface area contributed by atoms with Crippen LogP contribution < -0.4 is 0 Å². The molecule has 0 radical (unpaired) electrons. The van der Waals surface area contributed by atoms with Crippen LogP contribution in [0.1, 0.15) is 42.5 Å². The minimum Gasteiger partial charge on any atom is -0.440 e. The summed E-state index contributed by atoms with van der Waals surface area (Å²) in [4.78, 5) is 37.8. The van der Waals surface area contributed by atoms with E-state index in [1.165, 1.54) is 0 Å². The lowest BCUT2D eigenvalue weighted by Crippen LogP contribution is -2.33. The largest absolute Gasteiger partial charge is 0.440 e. The molecule has 1 aliphatic rings. The first-order valence-corrected chi connectivity index (χ1v) is 8.72. The minimum atomic E-state index is -0.614. The van der Waals surface area contributed by atoms with Crippen LogP contribution in [0.3, 0.4) is 0 Å². The van der Waals surface area contributed by atoms with E-state index in [-0.39, 0.29) is 0 Å². The number of nitrogens with zero attached hydrogens (tertiary/aromatic N) is 3. The summed E-state index contributed by atoms with van der Waals surface area (Å²) >= 11 is 0. The Balaban J connectivity index is 1.44. The zero-order chi connectivity index (χ0) is 19.8. The molecular formula is C21H17N3O4. The van der Waals surface area contributed by atoms with Crippen molar-refractivity contribution in [3.8, 4) is 5.69 Å². The Hall–Kier alpha value is -3.74. The number of esters is 1. The summed E-state index contributed by atoms with van der Waals surface area (Å²) in [6.45, 7) is 3.43. The first-order chi connectivity index (χ1) is 13.5. The molecule has 0 saturated heterocycles. The maximum Gasteiger partial charge on any atom is 0.339 e. The van der Waals surface area contributed by atoms with Gasteiger partial charge in [0.2, 0.25) is 0 Å². The Bertz CT molecular complexity index is 1060. The van der Waals surface area contributed by atoms with E-state index in [2.05, 4.69) is 5.10 Å². The van der Waals surface area contributed by atoms with Gasteiger partial charge in [-0.25, -0.2) is 14.4 Å². The summed E-state index contributed by atoms with van der Waals surface area (Å²) in [6, 6.07) is 15.3. The summed E-state index contributed by atoms with van der Waals surface area (Å²) in [6.07, 6.45) is 0. The molecule has 1 aromatic heterocycles. The topological polar surface area (TPSA) is 81.5 Å². The molecule has 0 saturated carbocycles. The van der Waals surface area contributed by atoms with Crippen molar-refractivity contribution in [1.82, 2.24) is 14.7 Å². The standard InChI is InChI=1S/C21H17N3O4/c1-13-11-14(2)24(22-13)16-9-7-15(8-10-16)21(27)28-12-23-19(25)17-5-3-4-6-18(17)20(23)26/h3-11H,12H2,1-2H3. The predicted octanol–water partition coefficient (Wildman–Crippen LogP) is 2.90. The fraction of sp³-hybridized carbons (Fsp3) is 0.143. The van der Waals surface area contributed by atoms with E-state index in [0.717, 1.165) is 22.0 Å². The predicted molar refractivity (Wildman–Crippen MR) is 100 cm³/mol. The zero-order valence-electron chi connectivity index (χ0n) is 15.4. The number of aromatic nitrogens is 2. The number of imide groups is 1. The van der Waals surface area contributed by atoms with Crippen LogP contribution in [-0.2, 0) is 4.74 Å². The molecule has 0 atom stereocenters. The van der Waals surface area contributed by atoms with Gasteiger partial charge in [0.05, 0.1) is 28.1 Å². The molecule has 0 aliphatic carbocycles. The van der Waals surface area contributed by atoms with Crippen molar-refractivity contribution in [3.63, 3.8) is 0 Å². The second-order valence-electron chi connectivity index (χ2n) is 6.53. The highest BCUT2D eigenvalue weighted by molar-refractivity contribution is 6.21. The summed E-state index contributed by atoms with van der Waals surface area (Å²) in [5.41, 5.74) is 3.67. The van der Waals surface area contributed by atoms with E-state index < -0.39 is 24.5 Å². The molecule has 2 aromatic carbocycles. The SMILES string of the molecule is Cc1cc(C)n(-c2ccc(C(=O)OCN3C(=O)c4ccccc4C3=O)cc2)n1. The molecule has 28 heavy (non-hydrogen) atoms. The number of fused-ring (bicyclic) bond motifs is 1. The Kier molecular flexibility index (Phi) is 4.27. The average Bonchev–Trinajstić information content (AvgIpc) is 3.16. The molecule has 7 heteroatoms. The lowest BCUT2D eigenvalue weighted by Gasteiger charge is -2.14. The third-order valence-electron chi connectivity index (χ3n) is 4.56. The third kappa shape index (κ3) is 2.96. The quantitative estimate of drug-likeness (QED) is 0.517. The zero-order valence-corrected chi connectivity index (χ0v) is 15.4. The molecule has 0 unspecified atom stereocenters. The molecule has 0 N–H and O–H groups in total. The molecule has 2 amide bonds. The second-order valence-corrected chi connectivity index (χ2v) is 6.53. The van der Waals surface area contributed by atoms with Crippen molar-refractivity contribution >= 4 is 17.8 Å². The Morgan fingerprint density at radius 1 is 0.964 bits per heavy atom. The van der Waals surface area contributed by atoms with E-state index in [1.807, 2.05) is 19.9 Å². The highest BCUT2D eigenvalue weighted by Crippen LogP contribution is 2.22. The third-order valence-corrected chi connectivity index (χ3v) is 4.56. The highest BCUT2D eigenvalue weighted by Gasteiger charge is 2.35. The van der Waals surface area contributed by atoms with Gasteiger partial charge in [-0.2, -0.15) is 5.10 Å². The number of hydrogen-bond donors (Lipinski definition) is 0. The molecule has 1 aliphatic heterocycles. The summed E-state index contributed by atoms with van der Waals surface area (Å²) in [5.74, 6) is -1.54. The van der Waals surface area contributed by atoms with Crippen LogP contribution in [0.15, 0.2) is 54.6 Å². The van der Waals surface area contributed by atoms with Crippen LogP contribution in [0, 0.1) is 13.8 Å². The van der Waals surface area contributed by atoms with Crippen molar-refractivity contribution in [2.24, 2.45) is 0 Å². The minimum absolute atomic E-state index is 0.317. The number of amides is 2. The summed E-state index contributed by atoms with van der Waals surface area (Å²) in [5, 5.41) is 4.40. The second kappa shape index (κ2) is 6.77. The summed E-state index contributed by atoms with van der Waals surface area (Å²) < 4.78 is 6.96. The number of carbonyl (C=O) groups is 3. The first kappa shape index (κ1) is 17.7. The fourth-order valence-electron chi connectivity index (χ4n) is 3.19. The number of aryl methyl sites for hydroxylation is 2. The van der Waals surface area contributed by atoms with Crippen molar-refractivity contribution < 1.29 is 19.1 Å². The van der Waals surface area contributed by atoms with Crippen LogP contribution in [-0.4, -0.2) is 39.2 Å². The molecule has 0 fully saturated rings. The van der Waals surface area contributed by atoms with Gasteiger partial charge in [0.25, 0.3) is 11.8 Å². The number of hydrogen-bond acceptors (Lipinski definition) is 5. The van der Waals surface area contributed by atoms with Gasteiger partial charge in [-0.05, 0) is 56.3 Å². The molecule has 2 heterocycles. The van der Waals surface area contributed by atoms with Gasteiger partial charge in [0, 0.05) is 5.69 Å². The molecule has 7 nitrogen and oxygen atoms in total. The van der Waals surface area contributed by atoms with Gasteiger partial charge in [-0.1, -0.05) is 12.1 Å². The molecule has 3 aromatic rings. The number of ether oxygens (including phenoxy) is 1. The normalized spacial score (nSPS) is 13.0. The summed E-state index contributed by atoms with van der Waals surface area (Å²) in [7, 11) is 0. The van der Waals surface area contributed by atoms with Gasteiger partial charge in [0.15, 0.2) is 6.73 Å². The van der Waals surface area contributed by atoms with Gasteiger partial charge in [-0.3, -0.25) is 9.59 Å². The van der Waals surface area contributed by atoms with Crippen molar-refractivity contribution in [2.45, 2.75) is 13.8 Å². The first-order valence-electron chi connectivity index (χ1n) is 8.72. The number of benzene rings is 2. The Morgan fingerprint density at radius 3 is 2.11 bits per heavy atom. The smallest absolute Gasteiger partial charge is 0.339 e. The molecular weight excluding hydrogens is 358 g/mol. The molecule has 140 valence electrons. The molecule has 0 spiro atoms. The maximum atomic E-state index is 12.3. The van der Waals surface area contributed by atoms with E-state index in [1.54, 1.807) is 53.2 Å². The molecule has 0 bridgehead atoms. The Labute approximate surface area is 161 Å². The van der Waals surface area contributed by atoms with Crippen molar-refractivity contribution in [2.75, 3.05) is 6.73 Å². The number of carbonyl (C=O) groups excluding carboxylic acids is 3. The van der Waals surface area contributed by atoms with Crippen LogP contribution >= 0.6 is 0 Å². The fourth-order valence-corrected chi connectivity index (χ4v) is 3.19. The van der Waals surface area contributed by atoms with Gasteiger partial charge in [0.1, 0.15) is 0 Å². The van der Waals surface area contributed by atoms with Gasteiger partial charge < -0.3 is 4.74 Å². The van der Waals surface area contributed by atoms with Gasteiger partial charge >= 0.3 is 5.97 Å². The highest BCUT2D eigenvalue weighted by atomic mass is 16.5. The van der Waals surface area contributed by atoms with E-state index in [0.29, 0.717) is 16.7 Å². The lowest BCUT2D eigenvalue weighted by atomic mass is 10.1. The van der Waals surface area contributed by atoms with Crippen LogP contribution in [0.25, 0.3) is 5.69 Å². The monoisotopic (exact) mass is 375 g/mol. The molecule has 4 rings (SSSR count). The van der Waals surface area contributed by atoms with Crippen LogP contribution in [0.5, 0.6) is 0 Å². The van der Waals surface area contributed by atoms with Crippen LogP contribution in [0.4, 0.5) is 0 Å². The van der Waals surface area contributed by atoms with Crippen molar-refractivity contribution in [3.05, 3.63) is 82.7 Å². The van der Waals surface area contributed by atoms with Crippen LogP contribution in [0.2, 0.25) is 0 Å². The van der Waals surface area contributed by atoms with E-state index in [4.69, 9.17) is 4.74 Å². The lowest BCUT2D eigenvalue weighted by molar-refractivity contribution is 0.0228. The number of rotatable bonds is 4. The van der Waals surface area contributed by atoms with E-state index in [9.17, 15) is 14.4 Å².